The van der Waals surface area contributed by atoms with Crippen LogP contribution in [0.5, 0.6) is 0 Å². The highest BCUT2D eigenvalue weighted by Crippen LogP contribution is 2.23. The zero-order valence-corrected chi connectivity index (χ0v) is 11.8. The van der Waals surface area contributed by atoms with Gasteiger partial charge in [-0.25, -0.2) is 0 Å². The number of nitrogens with zero attached hydrogens (tertiary/aromatic N) is 1. The van der Waals surface area contributed by atoms with Crippen LogP contribution in [0.15, 0.2) is 42.0 Å². The zero-order valence-electron chi connectivity index (χ0n) is 11.8. The number of carbonyl (C=O) groups is 1. The van der Waals surface area contributed by atoms with Crippen molar-refractivity contribution < 1.29 is 4.79 Å². The third-order valence-electron chi connectivity index (χ3n) is 4.17. The molecular formula is C17H22N2O. The van der Waals surface area contributed by atoms with Crippen LogP contribution in [0.1, 0.15) is 32.1 Å². The lowest BCUT2D eigenvalue weighted by molar-refractivity contribution is -0.128. The average molecular weight is 270 g/mol. The minimum atomic E-state index is 0.266. The summed E-state index contributed by atoms with van der Waals surface area (Å²) >= 11 is 0. The molecule has 0 spiro atoms. The van der Waals surface area contributed by atoms with Crippen LogP contribution in [0.25, 0.3) is 0 Å². The van der Waals surface area contributed by atoms with Crippen LogP contribution in [0.4, 0.5) is 5.69 Å². The van der Waals surface area contributed by atoms with Crippen molar-refractivity contribution in [3.63, 3.8) is 0 Å². The summed E-state index contributed by atoms with van der Waals surface area (Å²) in [6.45, 7) is 1.73. The molecule has 20 heavy (non-hydrogen) atoms. The van der Waals surface area contributed by atoms with Crippen LogP contribution in [-0.2, 0) is 4.79 Å². The van der Waals surface area contributed by atoms with Crippen molar-refractivity contribution in [2.45, 2.75) is 38.1 Å². The maximum Gasteiger partial charge on any atom is 0.249 e. The fourth-order valence-corrected chi connectivity index (χ4v) is 3.12. The van der Waals surface area contributed by atoms with E-state index in [9.17, 15) is 4.79 Å². The van der Waals surface area contributed by atoms with Gasteiger partial charge in [0.1, 0.15) is 0 Å². The summed E-state index contributed by atoms with van der Waals surface area (Å²) in [7, 11) is 0. The van der Waals surface area contributed by atoms with Gasteiger partial charge in [-0.05, 0) is 44.2 Å². The minimum Gasteiger partial charge on any atom is -0.381 e. The Morgan fingerprint density at radius 1 is 1.20 bits per heavy atom. The summed E-state index contributed by atoms with van der Waals surface area (Å²) in [5, 5.41) is 3.54. The summed E-state index contributed by atoms with van der Waals surface area (Å²) in [5.74, 6) is 0.266. The third kappa shape index (κ3) is 3.03. The molecule has 0 radical (unpaired) electrons. The Morgan fingerprint density at radius 2 is 2.05 bits per heavy atom. The Kier molecular flexibility index (Phi) is 4.05. The van der Waals surface area contributed by atoms with Gasteiger partial charge in [-0.15, -0.1) is 0 Å². The number of hydrogen-bond acceptors (Lipinski definition) is 2. The maximum atomic E-state index is 12.4. The SMILES string of the molecule is O=C(C1=CCCC1)N1CCCC(Nc2ccccc2)C1. The fourth-order valence-electron chi connectivity index (χ4n) is 3.12. The highest BCUT2D eigenvalue weighted by Gasteiger charge is 2.26. The van der Waals surface area contributed by atoms with Gasteiger partial charge in [0.05, 0.1) is 0 Å². The molecule has 2 aliphatic rings. The number of para-hydroxylation sites is 1. The van der Waals surface area contributed by atoms with Crippen molar-refractivity contribution >= 4 is 11.6 Å². The number of hydrogen-bond donors (Lipinski definition) is 1. The molecule has 3 heteroatoms. The van der Waals surface area contributed by atoms with Gasteiger partial charge in [0.25, 0.3) is 0 Å². The number of rotatable bonds is 3. The van der Waals surface area contributed by atoms with Crippen molar-refractivity contribution in [1.29, 1.82) is 0 Å². The first-order valence-electron chi connectivity index (χ1n) is 7.63. The highest BCUT2D eigenvalue weighted by atomic mass is 16.2. The van der Waals surface area contributed by atoms with E-state index in [4.69, 9.17) is 0 Å². The summed E-state index contributed by atoms with van der Waals surface area (Å²) < 4.78 is 0. The Hall–Kier alpha value is -1.77. The molecule has 1 amide bonds. The average Bonchev–Trinajstić information content (AvgIpc) is 3.02. The molecule has 0 aromatic heterocycles. The van der Waals surface area contributed by atoms with Crippen molar-refractivity contribution in [2.75, 3.05) is 18.4 Å². The first-order chi connectivity index (χ1) is 9.83. The lowest BCUT2D eigenvalue weighted by Gasteiger charge is -2.34. The van der Waals surface area contributed by atoms with Gasteiger partial charge in [0.2, 0.25) is 5.91 Å². The first-order valence-corrected chi connectivity index (χ1v) is 7.63. The fraction of sp³-hybridized carbons (Fsp3) is 0.471. The lowest BCUT2D eigenvalue weighted by atomic mass is 10.0. The Bertz CT molecular complexity index is 495. The number of allylic oxidation sites excluding steroid dienone is 1. The van der Waals surface area contributed by atoms with Gasteiger partial charge in [0, 0.05) is 30.4 Å². The van der Waals surface area contributed by atoms with Crippen LogP contribution in [0, 0.1) is 0 Å². The standard InChI is InChI=1S/C17H22N2O/c20-17(14-7-4-5-8-14)19-12-6-11-16(13-19)18-15-9-2-1-3-10-15/h1-3,7,9-10,16,18H,4-6,8,11-13H2. The van der Waals surface area contributed by atoms with Gasteiger partial charge in [-0.3, -0.25) is 4.79 Å². The Labute approximate surface area is 120 Å². The monoisotopic (exact) mass is 270 g/mol. The zero-order chi connectivity index (χ0) is 13.8. The third-order valence-corrected chi connectivity index (χ3v) is 4.17. The van der Waals surface area contributed by atoms with Crippen molar-refractivity contribution in [3.8, 4) is 0 Å². The van der Waals surface area contributed by atoms with Gasteiger partial charge < -0.3 is 10.2 Å². The molecule has 1 unspecified atom stereocenters. The molecule has 106 valence electrons. The van der Waals surface area contributed by atoms with E-state index in [1.165, 1.54) is 0 Å². The molecule has 3 rings (SSSR count). The van der Waals surface area contributed by atoms with Gasteiger partial charge in [-0.1, -0.05) is 24.3 Å². The number of anilines is 1. The number of likely N-dealkylation sites (tertiary alicyclic amines) is 1. The van der Waals surface area contributed by atoms with Crippen LogP contribution in [0.2, 0.25) is 0 Å². The summed E-state index contributed by atoms with van der Waals surface area (Å²) in [4.78, 5) is 14.5. The summed E-state index contributed by atoms with van der Waals surface area (Å²) in [6, 6.07) is 10.6. The molecule has 1 aliphatic carbocycles. The second-order valence-corrected chi connectivity index (χ2v) is 5.72. The molecular weight excluding hydrogens is 248 g/mol. The van der Waals surface area contributed by atoms with E-state index in [1.807, 2.05) is 23.1 Å². The smallest absolute Gasteiger partial charge is 0.249 e. The van der Waals surface area contributed by atoms with E-state index in [-0.39, 0.29) is 5.91 Å². The predicted octanol–water partition coefficient (Wildman–Crippen LogP) is 3.20. The van der Waals surface area contributed by atoms with Crippen LogP contribution in [-0.4, -0.2) is 29.9 Å². The molecule has 1 aliphatic heterocycles. The molecule has 1 aromatic carbocycles. The second kappa shape index (κ2) is 6.12. The normalized spacial score (nSPS) is 22.5. The van der Waals surface area contributed by atoms with E-state index in [2.05, 4.69) is 23.5 Å². The Morgan fingerprint density at radius 3 is 2.80 bits per heavy atom. The number of piperidine rings is 1. The molecule has 1 aromatic rings. The van der Waals surface area contributed by atoms with Gasteiger partial charge in [0.15, 0.2) is 0 Å². The van der Waals surface area contributed by atoms with Gasteiger partial charge in [-0.2, -0.15) is 0 Å². The largest absolute Gasteiger partial charge is 0.381 e. The molecule has 3 nitrogen and oxygen atoms in total. The van der Waals surface area contributed by atoms with E-state index in [1.54, 1.807) is 0 Å². The minimum absolute atomic E-state index is 0.266. The topological polar surface area (TPSA) is 32.3 Å². The summed E-state index contributed by atoms with van der Waals surface area (Å²) in [5.41, 5.74) is 2.18. The molecule has 1 N–H and O–H groups in total. The number of nitrogens with one attached hydrogen (secondary N) is 1. The quantitative estimate of drug-likeness (QED) is 0.914. The second-order valence-electron chi connectivity index (χ2n) is 5.72. The van der Waals surface area contributed by atoms with Crippen LogP contribution >= 0.6 is 0 Å². The Balaban J connectivity index is 1.60. The maximum absolute atomic E-state index is 12.4. The van der Waals surface area contributed by atoms with E-state index in [0.717, 1.165) is 56.5 Å². The molecule has 0 saturated carbocycles. The van der Waals surface area contributed by atoms with Crippen LogP contribution in [0.3, 0.4) is 0 Å². The van der Waals surface area contributed by atoms with E-state index >= 15 is 0 Å². The van der Waals surface area contributed by atoms with Crippen LogP contribution < -0.4 is 5.32 Å². The number of benzene rings is 1. The molecule has 1 atom stereocenters. The predicted molar refractivity (Wildman–Crippen MR) is 81.6 cm³/mol. The highest BCUT2D eigenvalue weighted by molar-refractivity contribution is 5.93. The first kappa shape index (κ1) is 13.2. The van der Waals surface area contributed by atoms with E-state index in [0.29, 0.717) is 6.04 Å². The molecule has 0 bridgehead atoms. The molecule has 1 saturated heterocycles. The number of amides is 1. The lowest BCUT2D eigenvalue weighted by Crippen LogP contribution is -2.45. The van der Waals surface area contributed by atoms with Crippen molar-refractivity contribution in [3.05, 3.63) is 42.0 Å². The number of carbonyl (C=O) groups excluding carboxylic acids is 1. The molecule has 1 fully saturated rings. The molecule has 1 heterocycles. The van der Waals surface area contributed by atoms with Gasteiger partial charge >= 0.3 is 0 Å². The van der Waals surface area contributed by atoms with Crippen molar-refractivity contribution in [1.82, 2.24) is 4.90 Å². The van der Waals surface area contributed by atoms with Crippen molar-refractivity contribution in [2.24, 2.45) is 0 Å². The summed E-state index contributed by atoms with van der Waals surface area (Å²) in [6.07, 6.45) is 7.52. The van der Waals surface area contributed by atoms with E-state index < -0.39 is 0 Å².